The lowest BCUT2D eigenvalue weighted by Crippen LogP contribution is -2.13. The molecule has 0 saturated heterocycles. The minimum absolute atomic E-state index is 0.0127. The van der Waals surface area contributed by atoms with Crippen molar-refractivity contribution in [2.24, 2.45) is 0 Å². The first kappa shape index (κ1) is 17.8. The van der Waals surface area contributed by atoms with Crippen LogP contribution in [0.5, 0.6) is 0 Å². The number of carbonyl (C=O) groups excluding carboxylic acids is 2. The minimum atomic E-state index is -0.0127. The third-order valence-corrected chi connectivity index (χ3v) is 6.30. The second kappa shape index (κ2) is 7.98. The molecule has 2 aromatic heterocycles. The number of nitrogens with zero attached hydrogens (tertiary/aromatic N) is 4. The summed E-state index contributed by atoms with van der Waals surface area (Å²) in [5, 5.41) is 0.663. The smallest absolute Gasteiger partial charge is 0.242 e. The molecule has 0 bridgehead atoms. The highest BCUT2D eigenvalue weighted by atomic mass is 32.2. The van der Waals surface area contributed by atoms with Crippen LogP contribution in [0.4, 0.5) is 0 Å². The molecule has 8 heteroatoms. The van der Waals surface area contributed by atoms with Gasteiger partial charge in [-0.2, -0.15) is 0 Å². The molecule has 136 valence electrons. The third-order valence-electron chi connectivity index (χ3n) is 4.06. The van der Waals surface area contributed by atoms with Crippen LogP contribution in [-0.2, 0) is 0 Å². The van der Waals surface area contributed by atoms with Crippen LogP contribution in [0.2, 0.25) is 0 Å². The standard InChI is InChI=1S/C19H16N4O2S2/c24-18(22-11-20-14-5-1-3-7-16(14)22)9-26-13-27-10-19(25)23-12-21-15-6-2-4-8-17(15)23/h1-8,11-12H,9-10,13H2. The number of carbonyl (C=O) groups is 2. The molecule has 0 saturated carbocycles. The van der Waals surface area contributed by atoms with Crippen molar-refractivity contribution in [1.82, 2.24) is 19.1 Å². The summed E-state index contributed by atoms with van der Waals surface area (Å²) in [5.41, 5.74) is 3.25. The normalized spacial score (nSPS) is 11.3. The van der Waals surface area contributed by atoms with Crippen LogP contribution in [0, 0.1) is 0 Å². The van der Waals surface area contributed by atoms with Crippen molar-refractivity contribution in [3.8, 4) is 0 Å². The van der Waals surface area contributed by atoms with Crippen LogP contribution in [0.25, 0.3) is 22.1 Å². The van der Waals surface area contributed by atoms with E-state index in [2.05, 4.69) is 9.97 Å². The van der Waals surface area contributed by atoms with E-state index in [0.717, 1.165) is 22.1 Å². The zero-order chi connectivity index (χ0) is 18.6. The van der Waals surface area contributed by atoms with Crippen molar-refractivity contribution in [2.75, 3.05) is 16.6 Å². The lowest BCUT2D eigenvalue weighted by Gasteiger charge is -2.04. The molecule has 4 aromatic rings. The third kappa shape index (κ3) is 3.77. The number of para-hydroxylation sites is 4. The Bertz CT molecular complexity index is 1030. The van der Waals surface area contributed by atoms with Gasteiger partial charge in [-0.25, -0.2) is 9.97 Å². The first-order valence-corrected chi connectivity index (χ1v) is 10.6. The number of benzene rings is 2. The molecule has 0 amide bonds. The molecule has 27 heavy (non-hydrogen) atoms. The van der Waals surface area contributed by atoms with Crippen LogP contribution in [0.1, 0.15) is 9.59 Å². The fourth-order valence-electron chi connectivity index (χ4n) is 2.77. The second-order valence-electron chi connectivity index (χ2n) is 5.81. The summed E-state index contributed by atoms with van der Waals surface area (Å²) < 4.78 is 3.16. The van der Waals surface area contributed by atoms with Crippen molar-refractivity contribution >= 4 is 57.4 Å². The molecule has 6 nitrogen and oxygen atoms in total. The van der Waals surface area contributed by atoms with Gasteiger partial charge in [0, 0.05) is 5.08 Å². The van der Waals surface area contributed by atoms with Gasteiger partial charge >= 0.3 is 0 Å². The molecule has 0 N–H and O–H groups in total. The topological polar surface area (TPSA) is 69.8 Å². The van der Waals surface area contributed by atoms with Crippen LogP contribution >= 0.6 is 23.5 Å². The predicted molar refractivity (Wildman–Crippen MR) is 111 cm³/mol. The Balaban J connectivity index is 1.27. The maximum atomic E-state index is 12.4. The van der Waals surface area contributed by atoms with E-state index in [0.29, 0.717) is 16.6 Å². The van der Waals surface area contributed by atoms with E-state index in [-0.39, 0.29) is 11.8 Å². The summed E-state index contributed by atoms with van der Waals surface area (Å²) in [6.07, 6.45) is 3.13. The largest absolute Gasteiger partial charge is 0.273 e. The number of thioether (sulfide) groups is 2. The maximum Gasteiger partial charge on any atom is 0.242 e. The fraction of sp³-hybridized carbons (Fsp3) is 0.158. The van der Waals surface area contributed by atoms with E-state index in [1.165, 1.54) is 23.5 Å². The summed E-state index contributed by atoms with van der Waals surface area (Å²) in [5.74, 6) is 0.660. The Kier molecular flexibility index (Phi) is 5.26. The molecule has 0 unspecified atom stereocenters. The Morgan fingerprint density at radius 3 is 1.67 bits per heavy atom. The van der Waals surface area contributed by atoms with Crippen molar-refractivity contribution in [3.63, 3.8) is 0 Å². The van der Waals surface area contributed by atoms with Gasteiger partial charge in [-0.05, 0) is 24.3 Å². The van der Waals surface area contributed by atoms with E-state index in [4.69, 9.17) is 0 Å². The average molecular weight is 396 g/mol. The fourth-order valence-corrected chi connectivity index (χ4v) is 4.54. The molecule has 0 atom stereocenters. The summed E-state index contributed by atoms with van der Waals surface area (Å²) in [4.78, 5) is 33.2. The highest BCUT2D eigenvalue weighted by Crippen LogP contribution is 2.17. The van der Waals surface area contributed by atoms with E-state index in [1.54, 1.807) is 21.8 Å². The van der Waals surface area contributed by atoms with Gasteiger partial charge in [0.05, 0.1) is 33.6 Å². The van der Waals surface area contributed by atoms with Gasteiger partial charge in [0.25, 0.3) is 0 Å². The van der Waals surface area contributed by atoms with E-state index in [1.807, 2.05) is 48.5 Å². The van der Waals surface area contributed by atoms with Crippen LogP contribution in [0.3, 0.4) is 0 Å². The van der Waals surface area contributed by atoms with Gasteiger partial charge in [0.15, 0.2) is 0 Å². The van der Waals surface area contributed by atoms with E-state index < -0.39 is 0 Å². The maximum absolute atomic E-state index is 12.4. The molecular weight excluding hydrogens is 380 g/mol. The van der Waals surface area contributed by atoms with Crippen LogP contribution in [-0.4, -0.2) is 47.5 Å². The number of hydrogen-bond acceptors (Lipinski definition) is 6. The summed E-state index contributed by atoms with van der Waals surface area (Å²) in [6.45, 7) is 0. The van der Waals surface area contributed by atoms with Gasteiger partial charge in [-0.3, -0.25) is 18.7 Å². The monoisotopic (exact) mass is 396 g/mol. The number of rotatable bonds is 6. The molecule has 0 aliphatic heterocycles. The average Bonchev–Trinajstić information content (AvgIpc) is 3.32. The van der Waals surface area contributed by atoms with Crippen LogP contribution < -0.4 is 0 Å². The number of fused-ring (bicyclic) bond motifs is 2. The predicted octanol–water partition coefficient (Wildman–Crippen LogP) is 3.79. The summed E-state index contributed by atoms with van der Waals surface area (Å²) in [7, 11) is 0. The Hall–Kier alpha value is -2.58. The lowest BCUT2D eigenvalue weighted by atomic mass is 10.3. The van der Waals surface area contributed by atoms with Crippen molar-refractivity contribution < 1.29 is 9.59 Å². The van der Waals surface area contributed by atoms with Gasteiger partial charge in [0.1, 0.15) is 12.7 Å². The molecule has 2 heterocycles. The second-order valence-corrected chi connectivity index (χ2v) is 8.15. The zero-order valence-electron chi connectivity index (χ0n) is 14.3. The first-order valence-electron chi connectivity index (χ1n) is 8.30. The molecule has 0 fully saturated rings. The van der Waals surface area contributed by atoms with E-state index in [9.17, 15) is 9.59 Å². The Morgan fingerprint density at radius 2 is 1.19 bits per heavy atom. The zero-order valence-corrected chi connectivity index (χ0v) is 15.9. The van der Waals surface area contributed by atoms with Crippen molar-refractivity contribution in [2.45, 2.75) is 0 Å². The van der Waals surface area contributed by atoms with Crippen molar-refractivity contribution in [3.05, 3.63) is 61.2 Å². The van der Waals surface area contributed by atoms with Crippen molar-refractivity contribution in [1.29, 1.82) is 0 Å². The molecule has 0 radical (unpaired) electrons. The molecule has 0 aliphatic rings. The quantitative estimate of drug-likeness (QED) is 0.365. The molecule has 4 rings (SSSR count). The number of imidazole rings is 2. The Morgan fingerprint density at radius 1 is 0.741 bits per heavy atom. The van der Waals surface area contributed by atoms with Gasteiger partial charge < -0.3 is 0 Å². The first-order chi connectivity index (χ1) is 13.2. The molecule has 0 aliphatic carbocycles. The minimum Gasteiger partial charge on any atom is -0.273 e. The number of hydrogen-bond donors (Lipinski definition) is 0. The van der Waals surface area contributed by atoms with Crippen LogP contribution in [0.15, 0.2) is 61.2 Å². The molecular formula is C19H16N4O2S2. The number of aromatic nitrogens is 4. The van der Waals surface area contributed by atoms with Gasteiger partial charge in [-0.1, -0.05) is 24.3 Å². The highest BCUT2D eigenvalue weighted by molar-refractivity contribution is 8.16. The SMILES string of the molecule is O=C(CSCSCC(=O)n1cnc2ccccc21)n1cnc2ccccc21. The highest BCUT2D eigenvalue weighted by Gasteiger charge is 2.11. The molecule has 0 spiro atoms. The molecule has 2 aromatic carbocycles. The lowest BCUT2D eigenvalue weighted by molar-refractivity contribution is 0.0938. The van der Waals surface area contributed by atoms with Gasteiger partial charge in [-0.15, -0.1) is 23.5 Å². The Labute approximate surface area is 164 Å². The van der Waals surface area contributed by atoms with E-state index >= 15 is 0 Å². The summed E-state index contributed by atoms with van der Waals surface area (Å²) in [6, 6.07) is 15.1. The summed E-state index contributed by atoms with van der Waals surface area (Å²) >= 11 is 3.00. The van der Waals surface area contributed by atoms with Gasteiger partial charge in [0.2, 0.25) is 11.8 Å².